The van der Waals surface area contributed by atoms with Crippen LogP contribution in [-0.4, -0.2) is 24.0 Å². The number of nitrogens with one attached hydrogen (secondary N) is 1. The summed E-state index contributed by atoms with van der Waals surface area (Å²) < 4.78 is 11.2. The van der Waals surface area contributed by atoms with E-state index in [1.807, 2.05) is 0 Å². The van der Waals surface area contributed by atoms with Gasteiger partial charge in [0.2, 0.25) is 6.79 Å². The number of phenolic OH excluding ortho intramolecular Hbond substituents is 1. The monoisotopic (exact) mass is 362 g/mol. The third kappa shape index (κ3) is 3.04. The number of carbonyl (C=O) groups excluding carboxylic acids is 1. The molecule has 0 spiro atoms. The fourth-order valence-corrected chi connectivity index (χ4v) is 2.24. The minimum absolute atomic E-state index is 0.117. The van der Waals surface area contributed by atoms with Crippen LogP contribution < -0.4 is 14.9 Å². The minimum Gasteiger partial charge on any atom is -0.508 e. The van der Waals surface area contributed by atoms with Crippen molar-refractivity contribution in [3.05, 3.63) is 52.0 Å². The largest absolute Gasteiger partial charge is 0.508 e. The number of amides is 1. The molecule has 3 rings (SSSR count). The summed E-state index contributed by atoms with van der Waals surface area (Å²) >= 11 is 3.33. The molecule has 0 radical (unpaired) electrons. The van der Waals surface area contributed by atoms with E-state index < -0.39 is 0 Å². The Kier molecular flexibility index (Phi) is 3.97. The molecule has 0 aliphatic carbocycles. The first-order chi connectivity index (χ1) is 10.6. The van der Waals surface area contributed by atoms with Gasteiger partial charge in [0.25, 0.3) is 5.91 Å². The minimum atomic E-state index is -0.370. The highest BCUT2D eigenvalue weighted by atomic mass is 79.9. The molecule has 2 N–H and O–H groups in total. The van der Waals surface area contributed by atoms with Crippen molar-refractivity contribution in [2.24, 2.45) is 5.10 Å². The Morgan fingerprint density at radius 2 is 2.05 bits per heavy atom. The normalized spacial score (nSPS) is 12.6. The number of hydrazone groups is 1. The Bertz CT molecular complexity index is 761. The second kappa shape index (κ2) is 6.07. The second-order valence-corrected chi connectivity index (χ2v) is 5.33. The van der Waals surface area contributed by atoms with E-state index in [4.69, 9.17) is 9.47 Å². The van der Waals surface area contributed by atoms with Crippen molar-refractivity contribution >= 4 is 28.1 Å². The zero-order valence-corrected chi connectivity index (χ0v) is 12.8. The number of fused-ring (bicyclic) bond motifs is 1. The molecule has 0 atom stereocenters. The Hall–Kier alpha value is -2.54. The highest BCUT2D eigenvalue weighted by Gasteiger charge is 2.15. The van der Waals surface area contributed by atoms with Gasteiger partial charge in [0.15, 0.2) is 11.5 Å². The van der Waals surface area contributed by atoms with E-state index >= 15 is 0 Å². The number of rotatable bonds is 3. The molecular formula is C15H11BrN2O4. The number of nitrogens with zero attached hydrogens (tertiary/aromatic N) is 1. The number of hydrogen-bond acceptors (Lipinski definition) is 5. The van der Waals surface area contributed by atoms with Crippen LogP contribution in [-0.2, 0) is 0 Å². The van der Waals surface area contributed by atoms with E-state index in [0.717, 1.165) is 4.47 Å². The van der Waals surface area contributed by atoms with E-state index in [1.165, 1.54) is 12.3 Å². The third-order valence-electron chi connectivity index (χ3n) is 2.98. The molecule has 1 heterocycles. The third-order valence-corrected chi connectivity index (χ3v) is 3.71. The lowest BCUT2D eigenvalue weighted by molar-refractivity contribution is 0.0954. The molecule has 1 amide bonds. The number of ether oxygens (including phenoxy) is 2. The van der Waals surface area contributed by atoms with Crippen LogP contribution in [0.15, 0.2) is 46.0 Å². The summed E-state index contributed by atoms with van der Waals surface area (Å²) in [6.45, 7) is 0.157. The molecule has 7 heteroatoms. The van der Waals surface area contributed by atoms with Gasteiger partial charge in [0.1, 0.15) is 5.75 Å². The standard InChI is InChI=1S/C15H11BrN2O4/c16-12-3-2-11(19)5-10(12)7-17-18-15(20)9-1-4-13-14(6-9)22-8-21-13/h1-7,19H,8H2,(H,18,20). The number of phenols is 1. The highest BCUT2D eigenvalue weighted by molar-refractivity contribution is 9.10. The maximum Gasteiger partial charge on any atom is 0.271 e. The summed E-state index contributed by atoms with van der Waals surface area (Å²) in [5.41, 5.74) is 3.47. The molecule has 0 saturated heterocycles. The van der Waals surface area contributed by atoms with Crippen molar-refractivity contribution in [1.29, 1.82) is 0 Å². The zero-order valence-electron chi connectivity index (χ0n) is 11.2. The number of hydrogen-bond donors (Lipinski definition) is 2. The summed E-state index contributed by atoms with van der Waals surface area (Å²) in [6, 6.07) is 9.66. The fraction of sp³-hybridized carbons (Fsp3) is 0.0667. The van der Waals surface area contributed by atoms with Crippen molar-refractivity contribution in [3.8, 4) is 17.2 Å². The zero-order chi connectivity index (χ0) is 15.5. The SMILES string of the molecule is O=C(NN=Cc1cc(O)ccc1Br)c1ccc2c(c1)OCO2. The van der Waals surface area contributed by atoms with Crippen LogP contribution in [0.5, 0.6) is 17.2 Å². The van der Waals surface area contributed by atoms with Crippen LogP contribution in [0.25, 0.3) is 0 Å². The second-order valence-electron chi connectivity index (χ2n) is 4.47. The Balaban J connectivity index is 1.69. The molecule has 22 heavy (non-hydrogen) atoms. The van der Waals surface area contributed by atoms with E-state index in [9.17, 15) is 9.90 Å². The predicted octanol–water partition coefficient (Wildman–Crippen LogP) is 2.65. The number of carbonyl (C=O) groups is 1. The lowest BCUT2D eigenvalue weighted by Crippen LogP contribution is -2.17. The number of benzene rings is 2. The molecule has 2 aromatic carbocycles. The molecule has 0 fully saturated rings. The maximum atomic E-state index is 12.0. The van der Waals surface area contributed by atoms with Gasteiger partial charge in [-0.1, -0.05) is 15.9 Å². The molecule has 112 valence electrons. The topological polar surface area (TPSA) is 80.2 Å². The lowest BCUT2D eigenvalue weighted by Gasteiger charge is -2.02. The van der Waals surface area contributed by atoms with E-state index in [0.29, 0.717) is 22.6 Å². The van der Waals surface area contributed by atoms with Crippen LogP contribution >= 0.6 is 15.9 Å². The average Bonchev–Trinajstić information content (AvgIpc) is 2.98. The van der Waals surface area contributed by atoms with Gasteiger partial charge in [-0.25, -0.2) is 5.43 Å². The van der Waals surface area contributed by atoms with Crippen molar-refractivity contribution in [2.45, 2.75) is 0 Å². The smallest absolute Gasteiger partial charge is 0.271 e. The number of halogens is 1. The molecule has 0 bridgehead atoms. The molecule has 2 aromatic rings. The Morgan fingerprint density at radius 1 is 1.23 bits per heavy atom. The quantitative estimate of drug-likeness (QED) is 0.649. The van der Waals surface area contributed by atoms with Gasteiger partial charge in [-0.2, -0.15) is 5.10 Å². The van der Waals surface area contributed by atoms with Gasteiger partial charge in [-0.15, -0.1) is 0 Å². The van der Waals surface area contributed by atoms with Gasteiger partial charge in [-0.05, 0) is 36.4 Å². The molecule has 6 nitrogen and oxygen atoms in total. The fourth-order valence-electron chi connectivity index (χ4n) is 1.89. The summed E-state index contributed by atoms with van der Waals surface area (Å²) in [5, 5.41) is 13.3. The Labute approximate surface area is 134 Å². The highest BCUT2D eigenvalue weighted by Crippen LogP contribution is 2.32. The first-order valence-corrected chi connectivity index (χ1v) is 7.14. The van der Waals surface area contributed by atoms with Crippen molar-refractivity contribution in [2.75, 3.05) is 6.79 Å². The van der Waals surface area contributed by atoms with E-state index in [2.05, 4.69) is 26.5 Å². The predicted molar refractivity (Wildman–Crippen MR) is 83.4 cm³/mol. The summed E-state index contributed by atoms with van der Waals surface area (Å²) in [5.74, 6) is 0.897. The van der Waals surface area contributed by atoms with Crippen molar-refractivity contribution < 1.29 is 19.4 Å². The van der Waals surface area contributed by atoms with Crippen LogP contribution in [0.1, 0.15) is 15.9 Å². The first-order valence-electron chi connectivity index (χ1n) is 6.35. The van der Waals surface area contributed by atoms with E-state index in [-0.39, 0.29) is 18.4 Å². The summed E-state index contributed by atoms with van der Waals surface area (Å²) in [7, 11) is 0. The number of aromatic hydroxyl groups is 1. The molecular weight excluding hydrogens is 352 g/mol. The van der Waals surface area contributed by atoms with Gasteiger partial charge < -0.3 is 14.6 Å². The van der Waals surface area contributed by atoms with Crippen LogP contribution in [0, 0.1) is 0 Å². The van der Waals surface area contributed by atoms with Crippen LogP contribution in [0.3, 0.4) is 0 Å². The van der Waals surface area contributed by atoms with Crippen molar-refractivity contribution in [1.82, 2.24) is 5.43 Å². The molecule has 0 unspecified atom stereocenters. The van der Waals surface area contributed by atoms with Gasteiger partial charge >= 0.3 is 0 Å². The Morgan fingerprint density at radius 3 is 2.91 bits per heavy atom. The van der Waals surface area contributed by atoms with Crippen molar-refractivity contribution in [3.63, 3.8) is 0 Å². The molecule has 1 aliphatic rings. The van der Waals surface area contributed by atoms with Gasteiger partial charge in [0.05, 0.1) is 6.21 Å². The van der Waals surface area contributed by atoms with Gasteiger partial charge in [0, 0.05) is 15.6 Å². The molecule has 0 aromatic heterocycles. The van der Waals surface area contributed by atoms with E-state index in [1.54, 1.807) is 30.3 Å². The maximum absolute atomic E-state index is 12.0. The molecule has 1 aliphatic heterocycles. The average molecular weight is 363 g/mol. The van der Waals surface area contributed by atoms with Crippen LogP contribution in [0.2, 0.25) is 0 Å². The van der Waals surface area contributed by atoms with Gasteiger partial charge in [-0.3, -0.25) is 4.79 Å². The lowest BCUT2D eigenvalue weighted by atomic mass is 10.2. The first kappa shape index (κ1) is 14.4. The molecule has 0 saturated carbocycles. The van der Waals surface area contributed by atoms with Crippen LogP contribution in [0.4, 0.5) is 0 Å². The summed E-state index contributed by atoms with van der Waals surface area (Å²) in [4.78, 5) is 12.0. The summed E-state index contributed by atoms with van der Waals surface area (Å²) in [6.07, 6.45) is 1.44.